The first-order chi connectivity index (χ1) is 8.09. The van der Waals surface area contributed by atoms with Gasteiger partial charge in [0.2, 0.25) is 5.91 Å². The topological polar surface area (TPSA) is 111 Å². The van der Waals surface area contributed by atoms with Crippen LogP contribution in [0, 0.1) is 10.1 Å². The number of thiazole rings is 1. The lowest BCUT2D eigenvalue weighted by Gasteiger charge is -2.04. The van der Waals surface area contributed by atoms with Crippen molar-refractivity contribution in [2.75, 3.05) is 11.9 Å². The van der Waals surface area contributed by atoms with Crippen LogP contribution >= 0.6 is 11.3 Å². The van der Waals surface area contributed by atoms with E-state index in [2.05, 4.69) is 10.3 Å². The highest BCUT2D eigenvalue weighted by atomic mass is 32.1. The molecule has 0 saturated heterocycles. The minimum Gasteiger partial charge on any atom is -0.370 e. The average molecular weight is 252 g/mol. The Kier molecular flexibility index (Phi) is 2.88. The Morgan fingerprint density at radius 3 is 3.00 bits per heavy atom. The summed E-state index contributed by atoms with van der Waals surface area (Å²) in [5.41, 5.74) is 6.93. The molecule has 17 heavy (non-hydrogen) atoms. The van der Waals surface area contributed by atoms with Crippen molar-refractivity contribution in [1.29, 1.82) is 0 Å². The van der Waals surface area contributed by atoms with Crippen LogP contribution in [0.3, 0.4) is 0 Å². The summed E-state index contributed by atoms with van der Waals surface area (Å²) in [6.45, 7) is -0.156. The van der Waals surface area contributed by atoms with Crippen molar-refractivity contribution in [2.45, 2.75) is 0 Å². The molecule has 0 saturated carbocycles. The van der Waals surface area contributed by atoms with E-state index in [4.69, 9.17) is 5.73 Å². The molecule has 0 radical (unpaired) electrons. The number of nitrogens with two attached hydrogens (primary N) is 1. The smallest absolute Gasteiger partial charge is 0.319 e. The molecule has 1 amide bonds. The molecular formula is C9H8N4O3S. The van der Waals surface area contributed by atoms with Crippen LogP contribution in [0.2, 0.25) is 0 Å². The van der Waals surface area contributed by atoms with Gasteiger partial charge in [0, 0.05) is 0 Å². The van der Waals surface area contributed by atoms with Gasteiger partial charge in [-0.15, -0.1) is 11.3 Å². The van der Waals surface area contributed by atoms with E-state index in [1.54, 1.807) is 12.1 Å². The van der Waals surface area contributed by atoms with Gasteiger partial charge in [-0.2, -0.15) is 0 Å². The van der Waals surface area contributed by atoms with Gasteiger partial charge in [0.05, 0.1) is 21.7 Å². The zero-order valence-corrected chi connectivity index (χ0v) is 9.36. The molecule has 1 heterocycles. The zero-order chi connectivity index (χ0) is 12.4. The summed E-state index contributed by atoms with van der Waals surface area (Å²) in [6.07, 6.45) is 0. The minimum atomic E-state index is -0.585. The molecule has 0 unspecified atom stereocenters. The van der Waals surface area contributed by atoms with Crippen LogP contribution in [-0.4, -0.2) is 22.4 Å². The summed E-state index contributed by atoms with van der Waals surface area (Å²) in [4.78, 5) is 25.1. The number of rotatable bonds is 4. The number of nitrogens with zero attached hydrogens (tertiary/aromatic N) is 2. The lowest BCUT2D eigenvalue weighted by molar-refractivity contribution is -0.382. The van der Waals surface area contributed by atoms with Crippen LogP contribution in [0.5, 0.6) is 0 Å². The van der Waals surface area contributed by atoms with Crippen LogP contribution in [0.1, 0.15) is 0 Å². The fourth-order valence-electron chi connectivity index (χ4n) is 1.43. The molecule has 0 bridgehead atoms. The molecule has 1 aromatic carbocycles. The molecule has 3 N–H and O–H groups in total. The molecule has 2 rings (SSSR count). The number of amides is 1. The number of carbonyl (C=O) groups excluding carboxylic acids is 1. The molecule has 7 nitrogen and oxygen atoms in total. The maximum absolute atomic E-state index is 11.0. The summed E-state index contributed by atoms with van der Waals surface area (Å²) in [5, 5.41) is 13.6. The Bertz CT molecular complexity index is 595. The predicted octanol–water partition coefficient (Wildman–Crippen LogP) is 1.10. The van der Waals surface area contributed by atoms with E-state index >= 15 is 0 Å². The molecule has 0 atom stereocenters. The highest BCUT2D eigenvalue weighted by Gasteiger charge is 2.20. The number of nitrogens with one attached hydrogen (secondary N) is 1. The zero-order valence-electron chi connectivity index (χ0n) is 8.54. The van der Waals surface area contributed by atoms with Crippen LogP contribution in [0.4, 0.5) is 11.4 Å². The van der Waals surface area contributed by atoms with Crippen LogP contribution in [-0.2, 0) is 4.79 Å². The second kappa shape index (κ2) is 4.34. The molecule has 88 valence electrons. The number of nitro benzene ring substituents is 1. The van der Waals surface area contributed by atoms with E-state index in [-0.39, 0.29) is 17.9 Å². The highest BCUT2D eigenvalue weighted by molar-refractivity contribution is 7.16. The SMILES string of the molecule is NC(=O)CNc1ccc2scnc2c1[N+](=O)[O-]. The Morgan fingerprint density at radius 2 is 2.35 bits per heavy atom. The Balaban J connectivity index is 2.50. The molecule has 0 aliphatic rings. The van der Waals surface area contributed by atoms with Crippen molar-refractivity contribution < 1.29 is 9.72 Å². The van der Waals surface area contributed by atoms with Gasteiger partial charge in [0.15, 0.2) is 5.52 Å². The maximum Gasteiger partial charge on any atom is 0.319 e. The number of nitro groups is 1. The number of aromatic nitrogens is 1. The summed E-state index contributed by atoms with van der Waals surface area (Å²) < 4.78 is 0.723. The average Bonchev–Trinajstić information content (AvgIpc) is 2.72. The van der Waals surface area contributed by atoms with Crippen molar-refractivity contribution in [3.05, 3.63) is 27.8 Å². The van der Waals surface area contributed by atoms with E-state index in [0.717, 1.165) is 4.70 Å². The molecular weight excluding hydrogens is 244 g/mol. The second-order valence-electron chi connectivity index (χ2n) is 3.24. The molecule has 0 fully saturated rings. The van der Waals surface area contributed by atoms with E-state index in [0.29, 0.717) is 5.52 Å². The molecule has 2 aromatic rings. The van der Waals surface area contributed by atoms with Crippen LogP contribution in [0.25, 0.3) is 10.2 Å². The third-order valence-electron chi connectivity index (χ3n) is 2.11. The number of anilines is 1. The first-order valence-corrected chi connectivity index (χ1v) is 5.50. The Morgan fingerprint density at radius 1 is 1.59 bits per heavy atom. The quantitative estimate of drug-likeness (QED) is 0.625. The standard InChI is InChI=1S/C9H8N4O3S/c10-7(14)3-11-5-1-2-6-8(12-4-17-6)9(5)13(15)16/h1-2,4,11H,3H2,(H2,10,14). The first kappa shape index (κ1) is 11.3. The van der Waals surface area contributed by atoms with Crippen molar-refractivity contribution in [3.63, 3.8) is 0 Å². The number of fused-ring (bicyclic) bond motifs is 1. The van der Waals surface area contributed by atoms with E-state index in [1.165, 1.54) is 16.8 Å². The molecule has 0 aliphatic heterocycles. The fourth-order valence-corrected chi connectivity index (χ4v) is 2.11. The number of carbonyl (C=O) groups is 1. The van der Waals surface area contributed by atoms with Gasteiger partial charge in [-0.3, -0.25) is 14.9 Å². The monoisotopic (exact) mass is 252 g/mol. The number of hydrogen-bond donors (Lipinski definition) is 2. The van der Waals surface area contributed by atoms with Gasteiger partial charge in [0.1, 0.15) is 5.69 Å². The third-order valence-corrected chi connectivity index (χ3v) is 2.91. The maximum atomic E-state index is 11.0. The summed E-state index contributed by atoms with van der Waals surface area (Å²) >= 11 is 1.32. The summed E-state index contributed by atoms with van der Waals surface area (Å²) in [6, 6.07) is 3.25. The fraction of sp³-hybridized carbons (Fsp3) is 0.111. The molecule has 8 heteroatoms. The molecule has 0 spiro atoms. The lowest BCUT2D eigenvalue weighted by Crippen LogP contribution is -2.22. The lowest BCUT2D eigenvalue weighted by atomic mass is 10.2. The third kappa shape index (κ3) is 2.16. The van der Waals surface area contributed by atoms with Gasteiger partial charge >= 0.3 is 5.69 Å². The highest BCUT2D eigenvalue weighted by Crippen LogP contribution is 2.34. The van der Waals surface area contributed by atoms with Crippen molar-refractivity contribution in [1.82, 2.24) is 4.98 Å². The minimum absolute atomic E-state index is 0.134. The van der Waals surface area contributed by atoms with E-state index < -0.39 is 10.8 Å². The Labute approximate surface area is 99.4 Å². The Hall–Kier alpha value is -2.22. The predicted molar refractivity (Wildman–Crippen MR) is 64.0 cm³/mol. The summed E-state index contributed by atoms with van der Waals surface area (Å²) in [7, 11) is 0. The van der Waals surface area contributed by atoms with Gasteiger partial charge in [-0.25, -0.2) is 4.98 Å². The van der Waals surface area contributed by atoms with Crippen LogP contribution < -0.4 is 11.1 Å². The van der Waals surface area contributed by atoms with Gasteiger partial charge in [0.25, 0.3) is 0 Å². The van der Waals surface area contributed by atoms with Gasteiger partial charge < -0.3 is 11.1 Å². The second-order valence-corrected chi connectivity index (χ2v) is 4.12. The molecule has 0 aliphatic carbocycles. The number of primary amides is 1. The van der Waals surface area contributed by atoms with E-state index in [9.17, 15) is 14.9 Å². The van der Waals surface area contributed by atoms with Crippen molar-refractivity contribution in [2.24, 2.45) is 5.73 Å². The van der Waals surface area contributed by atoms with Gasteiger partial charge in [-0.05, 0) is 12.1 Å². The normalized spacial score (nSPS) is 10.4. The van der Waals surface area contributed by atoms with Gasteiger partial charge in [-0.1, -0.05) is 0 Å². The summed E-state index contributed by atoms with van der Waals surface area (Å²) in [5.74, 6) is -0.585. The van der Waals surface area contributed by atoms with Crippen LogP contribution in [0.15, 0.2) is 17.6 Å². The number of benzene rings is 1. The molecule has 1 aromatic heterocycles. The van der Waals surface area contributed by atoms with Crippen molar-refractivity contribution in [3.8, 4) is 0 Å². The largest absolute Gasteiger partial charge is 0.370 e. The number of hydrogen-bond acceptors (Lipinski definition) is 6. The van der Waals surface area contributed by atoms with Crippen molar-refractivity contribution >= 4 is 38.8 Å². The van der Waals surface area contributed by atoms with E-state index in [1.807, 2.05) is 0 Å². The first-order valence-electron chi connectivity index (χ1n) is 4.62.